The number of nitrogens with zero attached hydrogens (tertiary/aromatic N) is 5. The van der Waals surface area contributed by atoms with Crippen molar-refractivity contribution in [3.63, 3.8) is 0 Å². The minimum absolute atomic E-state index is 0.00455. The van der Waals surface area contributed by atoms with Crippen molar-refractivity contribution in [3.8, 4) is 0 Å². The summed E-state index contributed by atoms with van der Waals surface area (Å²) in [5.41, 5.74) is 1.55. The third-order valence-electron chi connectivity index (χ3n) is 9.01. The number of rotatable bonds is 9. The monoisotopic (exact) mass is 581 g/mol. The second kappa shape index (κ2) is 11.8. The van der Waals surface area contributed by atoms with Gasteiger partial charge in [0.25, 0.3) is 5.91 Å². The molecule has 0 radical (unpaired) electrons. The molecule has 4 atom stereocenters. The molecule has 2 fully saturated rings. The molecular formula is C30H43N5O5Si. The number of carbonyl (C=O) groups is 2. The molecule has 2 saturated heterocycles. The fourth-order valence-electron chi connectivity index (χ4n) is 7.18. The normalized spacial score (nSPS) is 26.9. The van der Waals surface area contributed by atoms with E-state index in [4.69, 9.17) is 4.74 Å². The number of hydrogen-bond acceptors (Lipinski definition) is 7. The Labute approximate surface area is 243 Å². The molecule has 0 unspecified atom stereocenters. The van der Waals surface area contributed by atoms with Crippen LogP contribution in [0.4, 0.5) is 11.4 Å². The van der Waals surface area contributed by atoms with Crippen LogP contribution < -0.4 is 9.80 Å². The third-order valence-corrected chi connectivity index (χ3v) is 11.5. The number of hydrogen-bond donors (Lipinski definition) is 2. The zero-order valence-electron chi connectivity index (χ0n) is 24.5. The van der Waals surface area contributed by atoms with Gasteiger partial charge in [-0.1, -0.05) is 31.1 Å². The lowest BCUT2D eigenvalue weighted by atomic mass is 9.82. The van der Waals surface area contributed by atoms with Gasteiger partial charge in [0.15, 0.2) is 13.9 Å². The van der Waals surface area contributed by atoms with E-state index >= 15 is 0 Å². The summed E-state index contributed by atoms with van der Waals surface area (Å²) in [6, 6.07) is 5.86. The van der Waals surface area contributed by atoms with Crippen molar-refractivity contribution < 1.29 is 24.2 Å². The van der Waals surface area contributed by atoms with Crippen molar-refractivity contribution in [2.24, 2.45) is 5.92 Å². The summed E-state index contributed by atoms with van der Waals surface area (Å²) in [7, 11) is -2.81. The van der Waals surface area contributed by atoms with E-state index in [1.54, 1.807) is 15.7 Å². The molecule has 3 aliphatic rings. The van der Waals surface area contributed by atoms with Crippen molar-refractivity contribution in [3.05, 3.63) is 48.3 Å². The fraction of sp³-hybridized carbons (Fsp3) is 0.600. The summed E-state index contributed by atoms with van der Waals surface area (Å²) in [5.74, 6) is -0.327. The van der Waals surface area contributed by atoms with Gasteiger partial charge in [-0.15, -0.1) is 11.7 Å². The van der Waals surface area contributed by atoms with E-state index in [-0.39, 0.29) is 36.0 Å². The SMILES string of the molecule is C=CCN1C(=O)[C@@]2(O[C@@H](CCn3cc(CCO)nn3)[C@H]([Si](C)(C)O)[C@H]2C)c2cc(N3CCCCCCC3=O)ccc21. The molecule has 1 spiro atoms. The van der Waals surface area contributed by atoms with Crippen molar-refractivity contribution >= 4 is 31.5 Å². The first-order valence-corrected chi connectivity index (χ1v) is 17.9. The first-order valence-electron chi connectivity index (χ1n) is 14.9. The van der Waals surface area contributed by atoms with E-state index in [9.17, 15) is 19.5 Å². The van der Waals surface area contributed by atoms with Crippen molar-refractivity contribution in [1.29, 1.82) is 0 Å². The summed E-state index contributed by atoms with van der Waals surface area (Å²) in [6.45, 7) is 11.2. The molecule has 0 saturated carbocycles. The zero-order chi connectivity index (χ0) is 29.4. The van der Waals surface area contributed by atoms with Crippen LogP contribution in [0.2, 0.25) is 18.6 Å². The largest absolute Gasteiger partial charge is 0.432 e. The van der Waals surface area contributed by atoms with Crippen LogP contribution in [0.1, 0.15) is 56.7 Å². The van der Waals surface area contributed by atoms with Gasteiger partial charge in [-0.25, -0.2) is 0 Å². The highest BCUT2D eigenvalue weighted by molar-refractivity contribution is 6.71. The maximum absolute atomic E-state index is 14.4. The summed E-state index contributed by atoms with van der Waals surface area (Å²) >= 11 is 0. The van der Waals surface area contributed by atoms with Gasteiger partial charge in [-0.2, -0.15) is 0 Å². The Hall–Kier alpha value is -2.86. The van der Waals surface area contributed by atoms with Crippen LogP contribution in [0, 0.1) is 5.92 Å². The molecule has 1 aromatic heterocycles. The van der Waals surface area contributed by atoms with Gasteiger partial charge in [0.05, 0.1) is 17.5 Å². The van der Waals surface area contributed by atoms with Crippen LogP contribution in [0.5, 0.6) is 0 Å². The smallest absolute Gasteiger partial charge is 0.264 e. The van der Waals surface area contributed by atoms with Crippen molar-refractivity contribution in [2.75, 3.05) is 29.5 Å². The lowest BCUT2D eigenvalue weighted by Crippen LogP contribution is -2.46. The number of ether oxygens (including phenoxy) is 1. The van der Waals surface area contributed by atoms with Crippen LogP contribution in [0.25, 0.3) is 0 Å². The Morgan fingerprint density at radius 1 is 1.22 bits per heavy atom. The Morgan fingerprint density at radius 2 is 2.00 bits per heavy atom. The minimum atomic E-state index is -2.81. The van der Waals surface area contributed by atoms with Gasteiger partial charge in [0.1, 0.15) is 0 Å². The third kappa shape index (κ3) is 5.40. The van der Waals surface area contributed by atoms with Gasteiger partial charge >= 0.3 is 0 Å². The molecule has 1 aromatic carbocycles. The molecule has 10 nitrogen and oxygen atoms in total. The Kier molecular flexibility index (Phi) is 8.52. The van der Waals surface area contributed by atoms with E-state index in [2.05, 4.69) is 16.9 Å². The molecule has 4 heterocycles. The molecule has 2 amide bonds. The number of aromatic nitrogens is 3. The summed E-state index contributed by atoms with van der Waals surface area (Å²) < 4.78 is 8.64. The summed E-state index contributed by atoms with van der Waals surface area (Å²) in [5, 5.41) is 17.5. The predicted octanol–water partition coefficient (Wildman–Crippen LogP) is 3.53. The number of fused-ring (bicyclic) bond motifs is 2. The van der Waals surface area contributed by atoms with E-state index < -0.39 is 13.9 Å². The molecule has 2 N–H and O–H groups in total. The molecule has 3 aliphatic heterocycles. The standard InChI is InChI=1S/C30H43N5O5Si/c1-5-15-35-25-12-11-23(34-16-9-7-6-8-10-27(34)37)19-24(25)30(29(35)38)21(2)28(41(3,4)39)26(40-30)13-17-33-20-22(14-18-36)31-32-33/h5,11-12,19-21,26,28,36,39H,1,6-10,13-18H2,2-4H3/t21-,26+,28-,30+/m1/s1. The topological polar surface area (TPSA) is 121 Å². The molecule has 0 aliphatic carbocycles. The van der Waals surface area contributed by atoms with Gasteiger partial charge < -0.3 is 24.4 Å². The Bertz CT molecular complexity index is 1290. The lowest BCUT2D eigenvalue weighted by Gasteiger charge is -2.32. The maximum atomic E-state index is 14.4. The number of carbonyl (C=O) groups excluding carboxylic acids is 2. The quantitative estimate of drug-likeness (QED) is 0.343. The first kappa shape index (κ1) is 29.6. The molecule has 5 rings (SSSR count). The average molecular weight is 582 g/mol. The van der Waals surface area contributed by atoms with Gasteiger partial charge in [-0.3, -0.25) is 14.3 Å². The molecule has 41 heavy (non-hydrogen) atoms. The minimum Gasteiger partial charge on any atom is -0.432 e. The second-order valence-corrected chi connectivity index (χ2v) is 16.2. The highest BCUT2D eigenvalue weighted by Gasteiger charge is 2.66. The predicted molar refractivity (Wildman–Crippen MR) is 159 cm³/mol. The van der Waals surface area contributed by atoms with Crippen molar-refractivity contribution in [1.82, 2.24) is 15.0 Å². The first-order chi connectivity index (χ1) is 19.6. The summed E-state index contributed by atoms with van der Waals surface area (Å²) in [4.78, 5) is 42.6. The van der Waals surface area contributed by atoms with Crippen LogP contribution in [0.3, 0.4) is 0 Å². The number of amides is 2. The number of aryl methyl sites for hydroxylation is 1. The number of benzene rings is 1. The fourth-order valence-corrected chi connectivity index (χ4v) is 9.79. The van der Waals surface area contributed by atoms with Crippen LogP contribution in [-0.4, -0.2) is 70.8 Å². The maximum Gasteiger partial charge on any atom is 0.264 e. The van der Waals surface area contributed by atoms with Crippen LogP contribution >= 0.6 is 0 Å². The van der Waals surface area contributed by atoms with Crippen LogP contribution in [0.15, 0.2) is 37.1 Å². The zero-order valence-corrected chi connectivity index (χ0v) is 25.5. The van der Waals surface area contributed by atoms with Gasteiger partial charge in [0.2, 0.25) is 5.91 Å². The molecule has 2 aromatic rings. The molecular weight excluding hydrogens is 538 g/mol. The lowest BCUT2D eigenvalue weighted by molar-refractivity contribution is -0.145. The average Bonchev–Trinajstić information content (AvgIpc) is 3.56. The van der Waals surface area contributed by atoms with E-state index in [1.807, 2.05) is 49.3 Å². The van der Waals surface area contributed by atoms with Gasteiger partial charge in [0, 0.05) is 68.0 Å². The van der Waals surface area contributed by atoms with Crippen molar-refractivity contribution in [2.45, 2.75) is 88.8 Å². The molecule has 222 valence electrons. The van der Waals surface area contributed by atoms with E-state index in [0.717, 1.165) is 42.6 Å². The molecule has 0 bridgehead atoms. The Balaban J connectivity index is 1.53. The highest BCUT2D eigenvalue weighted by atomic mass is 28.4. The number of aliphatic hydroxyl groups is 1. The summed E-state index contributed by atoms with van der Waals surface area (Å²) in [6.07, 6.45) is 8.65. The van der Waals surface area contributed by atoms with Crippen LogP contribution in [-0.2, 0) is 32.9 Å². The number of anilines is 2. The highest BCUT2D eigenvalue weighted by Crippen LogP contribution is 2.60. The van der Waals surface area contributed by atoms with E-state index in [0.29, 0.717) is 44.6 Å². The van der Waals surface area contributed by atoms with E-state index in [1.165, 1.54) is 0 Å². The molecule has 11 heteroatoms. The number of aliphatic hydroxyl groups excluding tert-OH is 1. The Morgan fingerprint density at radius 3 is 2.73 bits per heavy atom. The second-order valence-electron chi connectivity index (χ2n) is 12.2. The van der Waals surface area contributed by atoms with Gasteiger partial charge in [-0.05, 0) is 50.6 Å².